The molecule has 0 bridgehead atoms. The number of hydrogen-bond acceptors (Lipinski definition) is 3. The summed E-state index contributed by atoms with van der Waals surface area (Å²) in [6.45, 7) is 4.76. The molecule has 2 saturated heterocycles. The lowest BCUT2D eigenvalue weighted by molar-refractivity contribution is 0.178. The Bertz CT molecular complexity index is 411. The van der Waals surface area contributed by atoms with E-state index in [4.69, 9.17) is 0 Å². The summed E-state index contributed by atoms with van der Waals surface area (Å²) in [5.74, 6) is 0.842. The zero-order valence-corrected chi connectivity index (χ0v) is 12.6. The lowest BCUT2D eigenvalue weighted by Gasteiger charge is -2.28. The van der Waals surface area contributed by atoms with Crippen molar-refractivity contribution < 1.29 is 13.2 Å². The molecule has 5 nitrogen and oxygen atoms in total. The second-order valence-electron chi connectivity index (χ2n) is 5.96. The fourth-order valence-corrected chi connectivity index (χ4v) is 4.65. The number of hydrogen-bond donors (Lipinski definition) is 1. The molecular formula is C13H24N2O3S. The van der Waals surface area contributed by atoms with Crippen molar-refractivity contribution in [2.24, 2.45) is 5.92 Å². The van der Waals surface area contributed by atoms with Gasteiger partial charge < -0.3 is 10.2 Å². The Morgan fingerprint density at radius 2 is 1.63 bits per heavy atom. The minimum absolute atomic E-state index is 0.00549. The van der Waals surface area contributed by atoms with Crippen LogP contribution in [0, 0.1) is 5.92 Å². The van der Waals surface area contributed by atoms with E-state index < -0.39 is 9.84 Å². The summed E-state index contributed by atoms with van der Waals surface area (Å²) in [4.78, 5) is 14.0. The van der Waals surface area contributed by atoms with E-state index >= 15 is 0 Å². The molecule has 110 valence electrons. The largest absolute Gasteiger partial charge is 0.338 e. The van der Waals surface area contributed by atoms with Crippen LogP contribution >= 0.6 is 0 Å². The number of rotatable bonds is 2. The first-order valence-electron chi connectivity index (χ1n) is 7.15. The SMILES string of the molecule is CC1CCC(C)N1C(=O)NCC1CCS(=O)(=O)CC1. The van der Waals surface area contributed by atoms with Gasteiger partial charge in [-0.15, -0.1) is 0 Å². The highest BCUT2D eigenvalue weighted by atomic mass is 32.2. The smallest absolute Gasteiger partial charge is 0.317 e. The van der Waals surface area contributed by atoms with Crippen molar-refractivity contribution in [2.45, 2.75) is 51.6 Å². The monoisotopic (exact) mass is 288 g/mol. The van der Waals surface area contributed by atoms with E-state index in [2.05, 4.69) is 19.2 Å². The second-order valence-corrected chi connectivity index (χ2v) is 8.27. The van der Waals surface area contributed by atoms with Crippen LogP contribution in [0.1, 0.15) is 39.5 Å². The van der Waals surface area contributed by atoms with Crippen molar-refractivity contribution in [3.8, 4) is 0 Å². The lowest BCUT2D eigenvalue weighted by atomic mass is 10.0. The maximum atomic E-state index is 12.1. The maximum absolute atomic E-state index is 12.1. The van der Waals surface area contributed by atoms with E-state index in [1.54, 1.807) is 0 Å². The van der Waals surface area contributed by atoms with Gasteiger partial charge in [0.25, 0.3) is 0 Å². The van der Waals surface area contributed by atoms with E-state index in [-0.39, 0.29) is 17.5 Å². The van der Waals surface area contributed by atoms with Crippen LogP contribution in [0.4, 0.5) is 4.79 Å². The van der Waals surface area contributed by atoms with Crippen molar-refractivity contribution in [2.75, 3.05) is 18.1 Å². The number of urea groups is 1. The van der Waals surface area contributed by atoms with Crippen LogP contribution in [0.15, 0.2) is 0 Å². The first kappa shape index (κ1) is 14.6. The van der Waals surface area contributed by atoms with Crippen molar-refractivity contribution >= 4 is 15.9 Å². The molecule has 0 saturated carbocycles. The van der Waals surface area contributed by atoms with Gasteiger partial charge in [0.2, 0.25) is 0 Å². The first-order chi connectivity index (χ1) is 8.89. The molecule has 2 unspecified atom stereocenters. The quantitative estimate of drug-likeness (QED) is 0.835. The number of amides is 2. The fourth-order valence-electron chi connectivity index (χ4n) is 3.06. The molecule has 0 radical (unpaired) electrons. The first-order valence-corrected chi connectivity index (χ1v) is 8.98. The predicted molar refractivity (Wildman–Crippen MR) is 74.8 cm³/mol. The Kier molecular flexibility index (Phi) is 4.38. The van der Waals surface area contributed by atoms with Crippen LogP contribution in [0.5, 0.6) is 0 Å². The van der Waals surface area contributed by atoms with Gasteiger partial charge in [0.15, 0.2) is 0 Å². The molecule has 0 aromatic rings. The Morgan fingerprint density at radius 1 is 1.11 bits per heavy atom. The summed E-state index contributed by atoms with van der Waals surface area (Å²) in [5.41, 5.74) is 0. The Labute approximate surface area is 115 Å². The minimum atomic E-state index is -2.81. The summed E-state index contributed by atoms with van der Waals surface area (Å²) >= 11 is 0. The minimum Gasteiger partial charge on any atom is -0.338 e. The van der Waals surface area contributed by atoms with Gasteiger partial charge in [-0.05, 0) is 45.4 Å². The summed E-state index contributed by atoms with van der Waals surface area (Å²) < 4.78 is 22.7. The van der Waals surface area contributed by atoms with Gasteiger partial charge in [0, 0.05) is 18.6 Å². The summed E-state index contributed by atoms with van der Waals surface area (Å²) in [5, 5.41) is 2.97. The average molecular weight is 288 g/mol. The zero-order valence-electron chi connectivity index (χ0n) is 11.8. The van der Waals surface area contributed by atoms with Crippen molar-refractivity contribution in [1.29, 1.82) is 0 Å². The third-order valence-corrected chi connectivity index (χ3v) is 6.12. The standard InChI is InChI=1S/C13H24N2O3S/c1-10-3-4-11(2)15(10)13(16)14-9-12-5-7-19(17,18)8-6-12/h10-12H,3-9H2,1-2H3,(H,14,16). The van der Waals surface area contributed by atoms with Gasteiger partial charge in [0.05, 0.1) is 11.5 Å². The number of nitrogens with zero attached hydrogens (tertiary/aromatic N) is 1. The lowest BCUT2D eigenvalue weighted by Crippen LogP contribution is -2.47. The van der Waals surface area contributed by atoms with Crippen LogP contribution in [-0.4, -0.2) is 49.5 Å². The van der Waals surface area contributed by atoms with Gasteiger partial charge in [-0.1, -0.05) is 0 Å². The van der Waals surface area contributed by atoms with Crippen molar-refractivity contribution in [3.05, 3.63) is 0 Å². The second kappa shape index (κ2) is 5.69. The van der Waals surface area contributed by atoms with Gasteiger partial charge in [-0.2, -0.15) is 0 Å². The van der Waals surface area contributed by atoms with Gasteiger partial charge in [-0.25, -0.2) is 13.2 Å². The summed E-state index contributed by atoms with van der Waals surface area (Å²) in [6, 6.07) is 0.620. The molecule has 2 rings (SSSR count). The number of carbonyl (C=O) groups is 1. The predicted octanol–water partition coefficient (Wildman–Crippen LogP) is 1.39. The number of nitrogens with one attached hydrogen (secondary N) is 1. The third-order valence-electron chi connectivity index (χ3n) is 4.40. The van der Waals surface area contributed by atoms with Crippen LogP contribution in [0.2, 0.25) is 0 Å². The van der Waals surface area contributed by atoms with Crippen LogP contribution in [-0.2, 0) is 9.84 Å². The Morgan fingerprint density at radius 3 is 2.16 bits per heavy atom. The third kappa shape index (κ3) is 3.61. The maximum Gasteiger partial charge on any atom is 0.317 e. The molecule has 1 N–H and O–H groups in total. The molecule has 2 fully saturated rings. The molecule has 2 heterocycles. The van der Waals surface area contributed by atoms with Crippen molar-refractivity contribution in [1.82, 2.24) is 10.2 Å². The van der Waals surface area contributed by atoms with Gasteiger partial charge in [0.1, 0.15) is 9.84 Å². The molecule has 0 aromatic carbocycles. The highest BCUT2D eigenvalue weighted by Crippen LogP contribution is 2.23. The highest BCUT2D eigenvalue weighted by molar-refractivity contribution is 7.91. The summed E-state index contributed by atoms with van der Waals surface area (Å²) in [6.07, 6.45) is 3.48. The van der Waals surface area contributed by atoms with E-state index in [9.17, 15) is 13.2 Å². The molecular weight excluding hydrogens is 264 g/mol. The van der Waals surface area contributed by atoms with Crippen molar-refractivity contribution in [3.63, 3.8) is 0 Å². The zero-order chi connectivity index (χ0) is 14.0. The Balaban J connectivity index is 1.78. The van der Waals surface area contributed by atoms with E-state index in [0.29, 0.717) is 37.4 Å². The fraction of sp³-hybridized carbons (Fsp3) is 0.923. The molecule has 2 aliphatic heterocycles. The van der Waals surface area contributed by atoms with Gasteiger partial charge in [-0.3, -0.25) is 0 Å². The molecule has 0 spiro atoms. The van der Waals surface area contributed by atoms with Crippen LogP contribution in [0.3, 0.4) is 0 Å². The van der Waals surface area contributed by atoms with Crippen LogP contribution in [0.25, 0.3) is 0 Å². The number of sulfone groups is 1. The molecule has 19 heavy (non-hydrogen) atoms. The molecule has 2 amide bonds. The van der Waals surface area contributed by atoms with E-state index in [1.807, 2.05) is 4.90 Å². The van der Waals surface area contributed by atoms with E-state index in [0.717, 1.165) is 12.8 Å². The van der Waals surface area contributed by atoms with Crippen LogP contribution < -0.4 is 5.32 Å². The molecule has 0 aromatic heterocycles. The summed E-state index contributed by atoms with van der Waals surface area (Å²) in [7, 11) is -2.81. The normalized spacial score (nSPS) is 31.4. The molecule has 2 atom stereocenters. The highest BCUT2D eigenvalue weighted by Gasteiger charge is 2.32. The average Bonchev–Trinajstić information content (AvgIpc) is 2.67. The topological polar surface area (TPSA) is 66.5 Å². The van der Waals surface area contributed by atoms with E-state index in [1.165, 1.54) is 0 Å². The Hall–Kier alpha value is -0.780. The van der Waals surface area contributed by atoms with Gasteiger partial charge >= 0.3 is 6.03 Å². The molecule has 6 heteroatoms. The number of likely N-dealkylation sites (tertiary alicyclic amines) is 1. The number of carbonyl (C=O) groups excluding carboxylic acids is 1. The molecule has 2 aliphatic rings. The molecule has 0 aliphatic carbocycles.